The second kappa shape index (κ2) is 8.43. The zero-order chi connectivity index (χ0) is 20.2. The van der Waals surface area contributed by atoms with Crippen molar-refractivity contribution in [1.29, 1.82) is 0 Å². The molecule has 1 amide bonds. The Labute approximate surface area is 167 Å². The van der Waals surface area contributed by atoms with Crippen molar-refractivity contribution in [1.82, 2.24) is 14.9 Å². The maximum absolute atomic E-state index is 13.1. The number of carbonyl (C=O) groups excluding carboxylic acids is 1. The summed E-state index contributed by atoms with van der Waals surface area (Å²) in [5.41, 5.74) is 3.22. The zero-order valence-electron chi connectivity index (χ0n) is 15.7. The molecule has 29 heavy (non-hydrogen) atoms. The van der Waals surface area contributed by atoms with Crippen LogP contribution in [0.5, 0.6) is 5.75 Å². The van der Waals surface area contributed by atoms with Crippen LogP contribution in [0.4, 0.5) is 8.78 Å². The quantitative estimate of drug-likeness (QED) is 0.671. The number of aromatic amines is 1. The van der Waals surface area contributed by atoms with Gasteiger partial charge in [-0.15, -0.1) is 0 Å². The summed E-state index contributed by atoms with van der Waals surface area (Å²) in [5.74, 6) is -0.368. The fourth-order valence-electron chi connectivity index (χ4n) is 3.80. The van der Waals surface area contributed by atoms with Crippen molar-refractivity contribution in [2.24, 2.45) is 0 Å². The van der Waals surface area contributed by atoms with Crippen LogP contribution in [0.25, 0.3) is 0 Å². The number of amides is 1. The first kappa shape index (κ1) is 19.1. The van der Waals surface area contributed by atoms with Gasteiger partial charge in [0.25, 0.3) is 5.91 Å². The van der Waals surface area contributed by atoms with Crippen molar-refractivity contribution in [2.45, 2.75) is 31.9 Å². The van der Waals surface area contributed by atoms with E-state index in [-0.39, 0.29) is 23.1 Å². The Hall–Kier alpha value is -3.22. The molecule has 0 bridgehead atoms. The lowest BCUT2D eigenvalue weighted by Crippen LogP contribution is -2.38. The van der Waals surface area contributed by atoms with Crippen LogP contribution in [0.1, 0.15) is 39.6 Å². The molecule has 3 aromatic rings. The first-order valence-electron chi connectivity index (χ1n) is 9.51. The van der Waals surface area contributed by atoms with E-state index in [0.29, 0.717) is 13.1 Å². The van der Waals surface area contributed by atoms with Crippen molar-refractivity contribution >= 4 is 5.91 Å². The van der Waals surface area contributed by atoms with Gasteiger partial charge < -0.3 is 14.6 Å². The molecule has 7 heteroatoms. The first-order valence-corrected chi connectivity index (χ1v) is 9.51. The molecule has 1 atom stereocenters. The highest BCUT2D eigenvalue weighted by atomic mass is 19.3. The van der Waals surface area contributed by atoms with Crippen molar-refractivity contribution < 1.29 is 18.3 Å². The van der Waals surface area contributed by atoms with Crippen molar-refractivity contribution in [3.8, 4) is 5.75 Å². The molecule has 0 spiro atoms. The molecule has 2 heterocycles. The molecule has 1 N–H and O–H groups in total. The van der Waals surface area contributed by atoms with Crippen LogP contribution in [0.3, 0.4) is 0 Å². The second-order valence-corrected chi connectivity index (χ2v) is 7.05. The van der Waals surface area contributed by atoms with Crippen LogP contribution in [-0.2, 0) is 13.0 Å². The summed E-state index contributed by atoms with van der Waals surface area (Å²) in [4.78, 5) is 22.4. The number of H-pyrrole nitrogens is 1. The molecule has 1 unspecified atom stereocenters. The number of nitrogens with zero attached hydrogens (tertiary/aromatic N) is 2. The standard InChI is InChI=1S/C22H21F2N3O2/c23-22(24)29-19-9-5-4-8-17(19)21(28)27-12-16(20-18(13-27)25-14-26-20)11-10-15-6-2-1-3-7-15/h1-9,14,16,22H,10-13H2,(H,25,26). The molecule has 1 aromatic heterocycles. The van der Waals surface area contributed by atoms with Gasteiger partial charge in [-0.2, -0.15) is 8.78 Å². The lowest BCUT2D eigenvalue weighted by molar-refractivity contribution is -0.0503. The van der Waals surface area contributed by atoms with Gasteiger partial charge in [-0.3, -0.25) is 4.79 Å². The minimum absolute atomic E-state index is 0.0670. The minimum Gasteiger partial charge on any atom is -0.434 e. The van der Waals surface area contributed by atoms with E-state index in [1.54, 1.807) is 23.4 Å². The summed E-state index contributed by atoms with van der Waals surface area (Å²) in [6.45, 7) is -2.14. The monoisotopic (exact) mass is 397 g/mol. The van der Waals surface area contributed by atoms with Gasteiger partial charge in [0.1, 0.15) is 5.75 Å². The van der Waals surface area contributed by atoms with Gasteiger partial charge in [-0.05, 0) is 30.5 Å². The highest BCUT2D eigenvalue weighted by Gasteiger charge is 2.31. The minimum atomic E-state index is -2.98. The average Bonchev–Trinajstić information content (AvgIpc) is 3.21. The van der Waals surface area contributed by atoms with Crippen LogP contribution < -0.4 is 4.74 Å². The summed E-state index contributed by atoms with van der Waals surface area (Å²) in [5, 5.41) is 0. The number of imidazole rings is 1. The Bertz CT molecular complexity index is 975. The number of aryl methyl sites for hydroxylation is 1. The van der Waals surface area contributed by atoms with E-state index in [0.717, 1.165) is 24.2 Å². The lowest BCUT2D eigenvalue weighted by Gasteiger charge is -2.32. The third kappa shape index (κ3) is 4.29. The molecule has 0 saturated heterocycles. The van der Waals surface area contributed by atoms with Gasteiger partial charge in [0.2, 0.25) is 0 Å². The number of nitrogens with one attached hydrogen (secondary N) is 1. The number of halogens is 2. The number of para-hydroxylation sites is 1. The largest absolute Gasteiger partial charge is 0.434 e. The Morgan fingerprint density at radius 1 is 1.17 bits per heavy atom. The van der Waals surface area contributed by atoms with E-state index in [9.17, 15) is 13.6 Å². The normalized spacial score (nSPS) is 16.0. The van der Waals surface area contributed by atoms with Crippen molar-refractivity contribution in [3.63, 3.8) is 0 Å². The van der Waals surface area contributed by atoms with Crippen molar-refractivity contribution in [3.05, 3.63) is 83.4 Å². The fourth-order valence-corrected chi connectivity index (χ4v) is 3.80. The van der Waals surface area contributed by atoms with E-state index < -0.39 is 6.61 Å². The van der Waals surface area contributed by atoms with Gasteiger partial charge >= 0.3 is 6.61 Å². The van der Waals surface area contributed by atoms with E-state index in [1.807, 2.05) is 18.2 Å². The number of rotatable bonds is 6. The van der Waals surface area contributed by atoms with E-state index in [1.165, 1.54) is 17.7 Å². The number of fused-ring (bicyclic) bond motifs is 1. The van der Waals surface area contributed by atoms with Crippen LogP contribution in [0.15, 0.2) is 60.9 Å². The average molecular weight is 397 g/mol. The summed E-state index contributed by atoms with van der Waals surface area (Å²) in [6.07, 6.45) is 3.34. The van der Waals surface area contributed by atoms with Crippen LogP contribution in [0.2, 0.25) is 0 Å². The highest BCUT2D eigenvalue weighted by molar-refractivity contribution is 5.97. The molecular formula is C22H21F2N3O2. The maximum Gasteiger partial charge on any atom is 0.387 e. The molecule has 4 rings (SSSR count). The van der Waals surface area contributed by atoms with Crippen molar-refractivity contribution in [2.75, 3.05) is 6.54 Å². The molecule has 2 aromatic carbocycles. The number of aromatic nitrogens is 2. The third-order valence-corrected chi connectivity index (χ3v) is 5.17. The number of benzene rings is 2. The van der Waals surface area contributed by atoms with E-state index >= 15 is 0 Å². The SMILES string of the molecule is O=C(c1ccccc1OC(F)F)N1Cc2[nH]cnc2C(CCc2ccccc2)C1. The molecule has 0 aliphatic carbocycles. The smallest absolute Gasteiger partial charge is 0.387 e. The van der Waals surface area contributed by atoms with Gasteiger partial charge in [0.15, 0.2) is 0 Å². The fraction of sp³-hybridized carbons (Fsp3) is 0.273. The van der Waals surface area contributed by atoms with Crippen LogP contribution >= 0.6 is 0 Å². The second-order valence-electron chi connectivity index (χ2n) is 7.05. The Kier molecular flexibility index (Phi) is 5.55. The number of alkyl halides is 2. The van der Waals surface area contributed by atoms with Crippen LogP contribution in [-0.4, -0.2) is 33.9 Å². The molecule has 5 nitrogen and oxygen atoms in total. The number of hydrogen-bond donors (Lipinski definition) is 1. The highest BCUT2D eigenvalue weighted by Crippen LogP contribution is 2.32. The maximum atomic E-state index is 13.1. The first-order chi connectivity index (χ1) is 14.1. The third-order valence-electron chi connectivity index (χ3n) is 5.17. The molecule has 1 aliphatic rings. The molecule has 0 fully saturated rings. The van der Waals surface area contributed by atoms with Gasteiger partial charge in [-0.25, -0.2) is 4.98 Å². The molecule has 0 radical (unpaired) electrons. The number of ether oxygens (including phenoxy) is 1. The Morgan fingerprint density at radius 3 is 2.72 bits per heavy atom. The predicted octanol–water partition coefficient (Wildman–Crippen LogP) is 4.38. The van der Waals surface area contributed by atoms with Gasteiger partial charge in [0, 0.05) is 12.5 Å². The Balaban J connectivity index is 1.54. The molecule has 150 valence electrons. The number of hydrogen-bond acceptors (Lipinski definition) is 3. The van der Waals surface area contributed by atoms with Gasteiger partial charge in [-0.1, -0.05) is 42.5 Å². The van der Waals surface area contributed by atoms with Crippen LogP contribution in [0, 0.1) is 0 Å². The topological polar surface area (TPSA) is 58.2 Å². The predicted molar refractivity (Wildman–Crippen MR) is 104 cm³/mol. The van der Waals surface area contributed by atoms with Gasteiger partial charge in [0.05, 0.1) is 29.8 Å². The lowest BCUT2D eigenvalue weighted by atomic mass is 9.91. The summed E-state index contributed by atoms with van der Waals surface area (Å²) >= 11 is 0. The number of carbonyl (C=O) groups is 1. The van der Waals surface area contributed by atoms with E-state index in [2.05, 4.69) is 26.8 Å². The molecular weight excluding hydrogens is 376 g/mol. The summed E-state index contributed by atoms with van der Waals surface area (Å²) in [6, 6.07) is 16.3. The Morgan fingerprint density at radius 2 is 1.93 bits per heavy atom. The summed E-state index contributed by atoms with van der Waals surface area (Å²) < 4.78 is 30.0. The molecule has 0 saturated carbocycles. The molecule has 1 aliphatic heterocycles. The van der Waals surface area contributed by atoms with E-state index in [4.69, 9.17) is 0 Å². The zero-order valence-corrected chi connectivity index (χ0v) is 15.7. The summed E-state index contributed by atoms with van der Waals surface area (Å²) in [7, 11) is 0.